The van der Waals surface area contributed by atoms with Crippen LogP contribution in [0.15, 0.2) is 48.5 Å². The van der Waals surface area contributed by atoms with Crippen molar-refractivity contribution >= 4 is 29.3 Å². The van der Waals surface area contributed by atoms with Gasteiger partial charge in [0.25, 0.3) is 5.91 Å². The Hall–Kier alpha value is -2.27. The Morgan fingerprint density at radius 1 is 1.15 bits per heavy atom. The number of anilines is 1. The van der Waals surface area contributed by atoms with Gasteiger partial charge in [0, 0.05) is 30.6 Å². The highest BCUT2D eigenvalue weighted by Gasteiger charge is 2.17. The average Bonchev–Trinajstić information content (AvgIpc) is 2.67. The zero-order valence-electron chi connectivity index (χ0n) is 15.8. The van der Waals surface area contributed by atoms with Crippen LogP contribution in [0.5, 0.6) is 0 Å². The van der Waals surface area contributed by atoms with Gasteiger partial charge in [-0.1, -0.05) is 36.4 Å². The number of carbonyl (C=O) groups excluding carboxylic acids is 2. The van der Waals surface area contributed by atoms with E-state index in [2.05, 4.69) is 5.32 Å². The summed E-state index contributed by atoms with van der Waals surface area (Å²) in [6.45, 7) is 4.50. The lowest BCUT2D eigenvalue weighted by Gasteiger charge is -2.18. The second kappa shape index (κ2) is 9.43. The SMILES string of the molecule is CSCCN(C)C(=O)c1ccc(C)c(NC(=O)C(C)c2ccccc2)c1. The molecular formula is C21H26N2O2S. The molecule has 1 unspecified atom stereocenters. The molecule has 2 aromatic carbocycles. The molecule has 5 heteroatoms. The highest BCUT2D eigenvalue weighted by atomic mass is 32.2. The van der Waals surface area contributed by atoms with Crippen molar-refractivity contribution in [2.45, 2.75) is 19.8 Å². The third-order valence-electron chi connectivity index (χ3n) is 4.41. The molecule has 26 heavy (non-hydrogen) atoms. The van der Waals surface area contributed by atoms with Crippen LogP contribution in [0.2, 0.25) is 0 Å². The van der Waals surface area contributed by atoms with Gasteiger partial charge in [-0.3, -0.25) is 9.59 Å². The summed E-state index contributed by atoms with van der Waals surface area (Å²) >= 11 is 1.71. The van der Waals surface area contributed by atoms with Gasteiger partial charge in [-0.25, -0.2) is 0 Å². The second-order valence-electron chi connectivity index (χ2n) is 6.37. The minimum absolute atomic E-state index is 0.0364. The maximum absolute atomic E-state index is 12.6. The monoisotopic (exact) mass is 370 g/mol. The zero-order chi connectivity index (χ0) is 19.1. The van der Waals surface area contributed by atoms with Crippen molar-refractivity contribution in [3.63, 3.8) is 0 Å². The van der Waals surface area contributed by atoms with E-state index < -0.39 is 0 Å². The lowest BCUT2D eigenvalue weighted by molar-refractivity contribution is -0.117. The predicted octanol–water partition coefficient (Wildman–Crippen LogP) is 4.17. The normalized spacial score (nSPS) is 11.7. The third kappa shape index (κ3) is 5.11. The number of rotatable bonds is 7. The molecule has 0 heterocycles. The van der Waals surface area contributed by atoms with Gasteiger partial charge >= 0.3 is 0 Å². The summed E-state index contributed by atoms with van der Waals surface area (Å²) in [6, 6.07) is 15.1. The number of nitrogens with zero attached hydrogens (tertiary/aromatic N) is 1. The number of hydrogen-bond donors (Lipinski definition) is 1. The van der Waals surface area contributed by atoms with Crippen molar-refractivity contribution in [3.8, 4) is 0 Å². The molecule has 0 spiro atoms. The van der Waals surface area contributed by atoms with Crippen LogP contribution in [0.4, 0.5) is 5.69 Å². The van der Waals surface area contributed by atoms with E-state index in [1.165, 1.54) is 0 Å². The van der Waals surface area contributed by atoms with Gasteiger partial charge in [-0.05, 0) is 43.4 Å². The first kappa shape index (κ1) is 20.0. The van der Waals surface area contributed by atoms with Crippen molar-refractivity contribution in [2.75, 3.05) is 30.9 Å². The Balaban J connectivity index is 2.14. The van der Waals surface area contributed by atoms with Gasteiger partial charge in [0.1, 0.15) is 0 Å². The lowest BCUT2D eigenvalue weighted by Crippen LogP contribution is -2.29. The van der Waals surface area contributed by atoms with Crippen LogP contribution in [0.3, 0.4) is 0 Å². The van der Waals surface area contributed by atoms with Gasteiger partial charge in [0.05, 0.1) is 5.92 Å². The van der Waals surface area contributed by atoms with Gasteiger partial charge < -0.3 is 10.2 Å². The summed E-state index contributed by atoms with van der Waals surface area (Å²) in [4.78, 5) is 26.9. The molecule has 138 valence electrons. The van der Waals surface area contributed by atoms with Crippen LogP contribution >= 0.6 is 11.8 Å². The number of benzene rings is 2. The molecule has 1 atom stereocenters. The Labute approximate surface area is 160 Å². The van der Waals surface area contributed by atoms with Gasteiger partial charge in [0.15, 0.2) is 0 Å². The second-order valence-corrected chi connectivity index (χ2v) is 7.36. The number of carbonyl (C=O) groups is 2. The van der Waals surface area contributed by atoms with E-state index in [0.29, 0.717) is 17.8 Å². The minimum atomic E-state index is -0.265. The molecule has 4 nitrogen and oxygen atoms in total. The number of hydrogen-bond acceptors (Lipinski definition) is 3. The van der Waals surface area contributed by atoms with Gasteiger partial charge in [0.2, 0.25) is 5.91 Å². The Kier molecular flexibility index (Phi) is 7.27. The summed E-state index contributed by atoms with van der Waals surface area (Å²) in [5.41, 5.74) is 3.16. The van der Waals surface area contributed by atoms with Gasteiger partial charge in [-0.2, -0.15) is 11.8 Å². The highest BCUT2D eigenvalue weighted by Crippen LogP contribution is 2.22. The highest BCUT2D eigenvalue weighted by molar-refractivity contribution is 7.98. The standard InChI is InChI=1S/C21H26N2O2S/c1-15-10-11-18(21(25)23(3)12-13-26-4)14-19(15)22-20(24)16(2)17-8-6-5-7-9-17/h5-11,14,16H,12-13H2,1-4H3,(H,22,24). The molecule has 0 aromatic heterocycles. The van der Waals surface area contributed by atoms with Crippen LogP contribution in [-0.2, 0) is 4.79 Å². The number of aryl methyl sites for hydroxylation is 1. The fraction of sp³-hybridized carbons (Fsp3) is 0.333. The van der Waals surface area contributed by atoms with Crippen molar-refractivity contribution in [2.24, 2.45) is 0 Å². The van der Waals surface area contributed by atoms with E-state index >= 15 is 0 Å². The minimum Gasteiger partial charge on any atom is -0.341 e. The van der Waals surface area contributed by atoms with Crippen LogP contribution in [0.25, 0.3) is 0 Å². The summed E-state index contributed by atoms with van der Waals surface area (Å²) in [6.07, 6.45) is 2.02. The van der Waals surface area contributed by atoms with E-state index in [-0.39, 0.29) is 17.7 Å². The summed E-state index contributed by atoms with van der Waals surface area (Å²) in [5, 5.41) is 2.97. The molecule has 0 fully saturated rings. The molecule has 2 rings (SSSR count). The quantitative estimate of drug-likeness (QED) is 0.796. The van der Waals surface area contributed by atoms with E-state index in [9.17, 15) is 9.59 Å². The smallest absolute Gasteiger partial charge is 0.253 e. The first-order chi connectivity index (χ1) is 12.4. The molecule has 0 bridgehead atoms. The fourth-order valence-electron chi connectivity index (χ4n) is 2.57. The van der Waals surface area contributed by atoms with E-state index in [1.54, 1.807) is 29.8 Å². The van der Waals surface area contributed by atoms with E-state index in [4.69, 9.17) is 0 Å². The molecule has 0 saturated heterocycles. The largest absolute Gasteiger partial charge is 0.341 e. The Bertz CT molecular complexity index is 762. The van der Waals surface area contributed by atoms with Crippen molar-refractivity contribution in [1.82, 2.24) is 4.90 Å². The molecular weight excluding hydrogens is 344 g/mol. The maximum Gasteiger partial charge on any atom is 0.253 e. The van der Waals surface area contributed by atoms with Crippen LogP contribution in [0, 0.1) is 6.92 Å². The predicted molar refractivity (Wildman–Crippen MR) is 110 cm³/mol. The van der Waals surface area contributed by atoms with Gasteiger partial charge in [-0.15, -0.1) is 0 Å². The molecule has 0 aliphatic heterocycles. The zero-order valence-corrected chi connectivity index (χ0v) is 16.6. The first-order valence-electron chi connectivity index (χ1n) is 8.65. The van der Waals surface area contributed by atoms with E-state index in [1.807, 2.05) is 62.6 Å². The lowest BCUT2D eigenvalue weighted by atomic mass is 10.00. The Morgan fingerprint density at radius 2 is 1.85 bits per heavy atom. The topological polar surface area (TPSA) is 49.4 Å². The molecule has 2 aromatic rings. The number of thioether (sulfide) groups is 1. The summed E-state index contributed by atoms with van der Waals surface area (Å²) in [7, 11) is 1.80. The molecule has 1 N–H and O–H groups in total. The van der Waals surface area contributed by atoms with Crippen molar-refractivity contribution in [1.29, 1.82) is 0 Å². The fourth-order valence-corrected chi connectivity index (χ4v) is 3.03. The molecule has 0 saturated carbocycles. The third-order valence-corrected chi connectivity index (χ3v) is 5.00. The number of amides is 2. The number of nitrogens with one attached hydrogen (secondary N) is 1. The van der Waals surface area contributed by atoms with Crippen LogP contribution in [-0.4, -0.2) is 42.3 Å². The first-order valence-corrected chi connectivity index (χ1v) is 10.0. The van der Waals surface area contributed by atoms with E-state index in [0.717, 1.165) is 16.9 Å². The van der Waals surface area contributed by atoms with Crippen molar-refractivity contribution in [3.05, 3.63) is 65.2 Å². The van der Waals surface area contributed by atoms with Crippen LogP contribution < -0.4 is 5.32 Å². The average molecular weight is 371 g/mol. The molecule has 0 aliphatic rings. The van der Waals surface area contributed by atoms with Crippen molar-refractivity contribution < 1.29 is 9.59 Å². The molecule has 2 amide bonds. The summed E-state index contributed by atoms with van der Waals surface area (Å²) < 4.78 is 0. The molecule has 0 aliphatic carbocycles. The van der Waals surface area contributed by atoms with Crippen LogP contribution in [0.1, 0.15) is 34.3 Å². The molecule has 0 radical (unpaired) electrons. The summed E-state index contributed by atoms with van der Waals surface area (Å²) in [5.74, 6) is 0.510. The Morgan fingerprint density at radius 3 is 2.50 bits per heavy atom. The maximum atomic E-state index is 12.6.